The maximum absolute atomic E-state index is 11.1. The first kappa shape index (κ1) is 11.4. The molecule has 1 atom stereocenters. The van der Waals surface area contributed by atoms with Crippen molar-refractivity contribution >= 4 is 5.97 Å². The van der Waals surface area contributed by atoms with Crippen molar-refractivity contribution in [2.75, 3.05) is 34.5 Å². The Morgan fingerprint density at radius 3 is 2.33 bits per heavy atom. The summed E-state index contributed by atoms with van der Waals surface area (Å²) in [6.07, 6.45) is 0.636. The van der Waals surface area contributed by atoms with Crippen molar-refractivity contribution < 1.29 is 19.0 Å². The largest absolute Gasteiger partial charge is 0.469 e. The third-order valence-corrected chi connectivity index (χ3v) is 1.57. The summed E-state index contributed by atoms with van der Waals surface area (Å²) in [5.74, 6) is -0.450. The fraction of sp³-hybridized carbons (Fsp3) is 0.875. The predicted octanol–water partition coefficient (Wildman–Crippen LogP) is 0.458. The van der Waals surface area contributed by atoms with Crippen molar-refractivity contribution in [1.82, 2.24) is 0 Å². The minimum atomic E-state index is -0.242. The Balaban J connectivity index is 3.76. The van der Waals surface area contributed by atoms with E-state index < -0.39 is 0 Å². The zero-order valence-corrected chi connectivity index (χ0v) is 7.83. The molecule has 0 aromatic rings. The monoisotopic (exact) mass is 176 g/mol. The molecule has 0 heterocycles. The highest BCUT2D eigenvalue weighted by atomic mass is 16.5. The molecule has 12 heavy (non-hydrogen) atoms. The van der Waals surface area contributed by atoms with Gasteiger partial charge in [-0.05, 0) is 6.42 Å². The van der Waals surface area contributed by atoms with E-state index in [1.807, 2.05) is 0 Å². The van der Waals surface area contributed by atoms with Gasteiger partial charge in [-0.3, -0.25) is 4.79 Å². The van der Waals surface area contributed by atoms with Crippen molar-refractivity contribution in [2.45, 2.75) is 6.42 Å². The van der Waals surface area contributed by atoms with Gasteiger partial charge in [0.2, 0.25) is 0 Å². The first-order valence-corrected chi connectivity index (χ1v) is 3.82. The SMILES string of the molecule is COCCC(COC)C(=O)OC. The molecule has 0 bridgehead atoms. The molecule has 0 rings (SSSR count). The number of methoxy groups -OCH3 is 3. The van der Waals surface area contributed by atoms with E-state index in [0.29, 0.717) is 19.6 Å². The third kappa shape index (κ3) is 4.31. The van der Waals surface area contributed by atoms with E-state index in [4.69, 9.17) is 9.47 Å². The zero-order chi connectivity index (χ0) is 9.40. The lowest BCUT2D eigenvalue weighted by Gasteiger charge is -2.12. The molecule has 1 unspecified atom stereocenters. The van der Waals surface area contributed by atoms with Crippen LogP contribution in [0.15, 0.2) is 0 Å². The molecule has 0 spiro atoms. The van der Waals surface area contributed by atoms with Gasteiger partial charge in [0.15, 0.2) is 0 Å². The average Bonchev–Trinajstić information content (AvgIpc) is 2.11. The summed E-state index contributed by atoms with van der Waals surface area (Å²) in [6.45, 7) is 0.930. The van der Waals surface area contributed by atoms with Crippen LogP contribution >= 0.6 is 0 Å². The zero-order valence-electron chi connectivity index (χ0n) is 7.83. The molecule has 0 saturated heterocycles. The Morgan fingerprint density at radius 2 is 1.92 bits per heavy atom. The molecule has 0 aromatic heterocycles. The number of carbonyl (C=O) groups excluding carboxylic acids is 1. The summed E-state index contributed by atoms with van der Waals surface area (Å²) in [4.78, 5) is 11.1. The number of hydrogen-bond donors (Lipinski definition) is 0. The summed E-state index contributed by atoms with van der Waals surface area (Å²) >= 11 is 0. The smallest absolute Gasteiger partial charge is 0.311 e. The van der Waals surface area contributed by atoms with Crippen molar-refractivity contribution in [3.63, 3.8) is 0 Å². The molecule has 0 radical (unpaired) electrons. The number of rotatable bonds is 6. The van der Waals surface area contributed by atoms with Crippen LogP contribution in [0.25, 0.3) is 0 Å². The number of ether oxygens (including phenoxy) is 3. The van der Waals surface area contributed by atoms with E-state index in [1.54, 1.807) is 14.2 Å². The fourth-order valence-electron chi connectivity index (χ4n) is 0.897. The molecule has 0 saturated carbocycles. The highest BCUT2D eigenvalue weighted by Crippen LogP contribution is 2.05. The summed E-state index contributed by atoms with van der Waals surface area (Å²) < 4.78 is 14.3. The molecule has 72 valence electrons. The molecular weight excluding hydrogens is 160 g/mol. The van der Waals surface area contributed by atoms with Gasteiger partial charge in [-0.1, -0.05) is 0 Å². The molecule has 4 nitrogen and oxygen atoms in total. The van der Waals surface area contributed by atoms with Crippen LogP contribution in [0.4, 0.5) is 0 Å². The maximum atomic E-state index is 11.1. The van der Waals surface area contributed by atoms with Crippen LogP contribution in [0.3, 0.4) is 0 Å². The van der Waals surface area contributed by atoms with Crippen LogP contribution in [-0.2, 0) is 19.0 Å². The predicted molar refractivity (Wildman–Crippen MR) is 43.9 cm³/mol. The molecule has 0 fully saturated rings. The van der Waals surface area contributed by atoms with Crippen LogP contribution in [0.5, 0.6) is 0 Å². The Morgan fingerprint density at radius 1 is 1.25 bits per heavy atom. The second-order valence-electron chi connectivity index (χ2n) is 2.46. The lowest BCUT2D eigenvalue weighted by molar-refractivity contribution is -0.147. The van der Waals surface area contributed by atoms with E-state index in [0.717, 1.165) is 0 Å². The van der Waals surface area contributed by atoms with Crippen LogP contribution in [0.2, 0.25) is 0 Å². The van der Waals surface area contributed by atoms with E-state index in [-0.39, 0.29) is 11.9 Å². The van der Waals surface area contributed by atoms with E-state index in [1.165, 1.54) is 7.11 Å². The summed E-state index contributed by atoms with van der Waals surface area (Å²) in [5.41, 5.74) is 0. The number of carbonyl (C=O) groups is 1. The molecular formula is C8H16O4. The van der Waals surface area contributed by atoms with Crippen molar-refractivity contribution in [2.24, 2.45) is 5.92 Å². The molecule has 0 amide bonds. The molecule has 0 aromatic carbocycles. The van der Waals surface area contributed by atoms with Crippen molar-refractivity contribution in [1.29, 1.82) is 0 Å². The molecule has 0 N–H and O–H groups in total. The Hall–Kier alpha value is -0.610. The minimum absolute atomic E-state index is 0.208. The van der Waals surface area contributed by atoms with E-state index in [9.17, 15) is 4.79 Å². The molecule has 0 aliphatic rings. The van der Waals surface area contributed by atoms with Gasteiger partial charge in [0.25, 0.3) is 0 Å². The average molecular weight is 176 g/mol. The van der Waals surface area contributed by atoms with Gasteiger partial charge in [0.1, 0.15) is 0 Å². The summed E-state index contributed by atoms with van der Waals surface area (Å²) in [5, 5.41) is 0. The highest BCUT2D eigenvalue weighted by Gasteiger charge is 2.18. The van der Waals surface area contributed by atoms with E-state index in [2.05, 4.69) is 4.74 Å². The second kappa shape index (κ2) is 7.06. The topological polar surface area (TPSA) is 44.8 Å². The first-order chi connectivity index (χ1) is 5.76. The third-order valence-electron chi connectivity index (χ3n) is 1.57. The minimum Gasteiger partial charge on any atom is -0.469 e. The van der Waals surface area contributed by atoms with E-state index >= 15 is 0 Å². The van der Waals surface area contributed by atoms with Crippen LogP contribution in [0.1, 0.15) is 6.42 Å². The lowest BCUT2D eigenvalue weighted by atomic mass is 10.1. The van der Waals surface area contributed by atoms with Crippen LogP contribution in [0, 0.1) is 5.92 Å². The van der Waals surface area contributed by atoms with Gasteiger partial charge in [0, 0.05) is 20.8 Å². The van der Waals surface area contributed by atoms with Crippen molar-refractivity contribution in [3.8, 4) is 0 Å². The lowest BCUT2D eigenvalue weighted by Crippen LogP contribution is -2.22. The maximum Gasteiger partial charge on any atom is 0.311 e. The Labute approximate surface area is 72.8 Å². The van der Waals surface area contributed by atoms with Gasteiger partial charge in [0.05, 0.1) is 19.6 Å². The standard InChI is InChI=1S/C8H16O4/c1-10-5-4-7(6-11-2)8(9)12-3/h7H,4-6H2,1-3H3. The number of hydrogen-bond acceptors (Lipinski definition) is 4. The van der Waals surface area contributed by atoms with Gasteiger partial charge in [-0.25, -0.2) is 0 Å². The van der Waals surface area contributed by atoms with Crippen LogP contribution < -0.4 is 0 Å². The number of esters is 1. The van der Waals surface area contributed by atoms with Crippen molar-refractivity contribution in [3.05, 3.63) is 0 Å². The highest BCUT2D eigenvalue weighted by molar-refractivity contribution is 5.72. The fourth-order valence-corrected chi connectivity index (χ4v) is 0.897. The van der Waals surface area contributed by atoms with Crippen LogP contribution in [-0.4, -0.2) is 40.5 Å². The summed E-state index contributed by atoms with van der Waals surface area (Å²) in [6, 6.07) is 0. The molecule has 4 heteroatoms. The first-order valence-electron chi connectivity index (χ1n) is 3.82. The Kier molecular flexibility index (Phi) is 6.70. The van der Waals surface area contributed by atoms with Gasteiger partial charge >= 0.3 is 5.97 Å². The second-order valence-corrected chi connectivity index (χ2v) is 2.46. The normalized spacial score (nSPS) is 12.6. The van der Waals surface area contributed by atoms with Gasteiger partial charge in [-0.15, -0.1) is 0 Å². The quantitative estimate of drug-likeness (QED) is 0.551. The molecule has 0 aliphatic heterocycles. The Bertz CT molecular complexity index is 124. The molecule has 0 aliphatic carbocycles. The van der Waals surface area contributed by atoms with Gasteiger partial charge in [-0.2, -0.15) is 0 Å². The van der Waals surface area contributed by atoms with Gasteiger partial charge < -0.3 is 14.2 Å². The summed E-state index contributed by atoms with van der Waals surface area (Å²) in [7, 11) is 4.53.